The maximum Gasteiger partial charge on any atom is 0.253 e. The molecule has 2 aliphatic rings. The maximum atomic E-state index is 14.3. The lowest BCUT2D eigenvalue weighted by Crippen LogP contribution is -2.61. The van der Waals surface area contributed by atoms with Gasteiger partial charge >= 0.3 is 0 Å². The Morgan fingerprint density at radius 2 is 1.40 bits per heavy atom. The molecule has 0 radical (unpaired) electrons. The number of hydrogen-bond acceptors (Lipinski definition) is 4. The van der Waals surface area contributed by atoms with Gasteiger partial charge in [0.15, 0.2) is 0 Å². The molecule has 0 aliphatic carbocycles. The molecule has 6 heteroatoms. The highest BCUT2D eigenvalue weighted by atomic mass is 32.1. The Hall–Kier alpha value is -5.33. The molecule has 0 saturated heterocycles. The molecule has 0 unspecified atom stereocenters. The summed E-state index contributed by atoms with van der Waals surface area (Å²) in [5.74, 6) is -0.243. The number of rotatable bonds is 2. The van der Waals surface area contributed by atoms with Gasteiger partial charge in [-0.15, -0.1) is 11.3 Å². The Bertz CT molecular complexity index is 2480. The molecule has 0 bridgehead atoms. The van der Waals surface area contributed by atoms with Crippen LogP contribution in [0.5, 0.6) is 0 Å². The average molecular weight is 599 g/mol. The van der Waals surface area contributed by atoms with Crippen molar-refractivity contribution in [3.8, 4) is 0 Å². The Morgan fingerprint density at radius 1 is 0.667 bits per heavy atom. The van der Waals surface area contributed by atoms with E-state index >= 15 is 0 Å². The molecule has 8 aromatic rings. The first-order valence-corrected chi connectivity index (χ1v) is 16.0. The van der Waals surface area contributed by atoms with Gasteiger partial charge in [0.1, 0.15) is 11.4 Å². The second kappa shape index (κ2) is 9.10. The standard InChI is InChI=1S/C39H24BFN2OS/c1-23-20-33-38(36-28-10-5-6-13-35(28)45-39(23)36)40-29-21-24-18-19-44-34(24)22-32(29)42(26-8-3-2-4-9-26)30-11-7-12-31(37(30)40)43(33)27-16-14-25(41)15-17-27/h2-22H,1H3. The molecular weight excluding hydrogens is 574 g/mol. The van der Waals surface area contributed by atoms with Gasteiger partial charge in [0, 0.05) is 55.0 Å². The summed E-state index contributed by atoms with van der Waals surface area (Å²) in [6.45, 7) is 2.19. The number of anilines is 6. The summed E-state index contributed by atoms with van der Waals surface area (Å²) in [5, 5.41) is 3.66. The summed E-state index contributed by atoms with van der Waals surface area (Å²) in [7, 11) is 0. The highest BCUT2D eigenvalue weighted by Crippen LogP contribution is 2.47. The summed E-state index contributed by atoms with van der Waals surface area (Å²) < 4.78 is 22.9. The monoisotopic (exact) mass is 598 g/mol. The van der Waals surface area contributed by atoms with Crippen molar-refractivity contribution in [2.45, 2.75) is 6.92 Å². The summed E-state index contributed by atoms with van der Waals surface area (Å²) in [4.78, 5) is 4.71. The molecule has 0 spiro atoms. The first-order valence-electron chi connectivity index (χ1n) is 15.2. The van der Waals surface area contributed by atoms with Gasteiger partial charge in [0.2, 0.25) is 0 Å². The third-order valence-corrected chi connectivity index (χ3v) is 10.8. The molecule has 0 amide bonds. The van der Waals surface area contributed by atoms with E-state index in [0.717, 1.165) is 45.1 Å². The molecule has 0 atom stereocenters. The number of thiophene rings is 1. The molecule has 10 rings (SSSR count). The van der Waals surface area contributed by atoms with Gasteiger partial charge in [0.05, 0.1) is 6.26 Å². The number of benzene rings is 6. The molecule has 0 saturated carbocycles. The van der Waals surface area contributed by atoms with Crippen LogP contribution < -0.4 is 26.2 Å². The van der Waals surface area contributed by atoms with Gasteiger partial charge in [-0.1, -0.05) is 48.5 Å². The largest absolute Gasteiger partial charge is 0.464 e. The zero-order chi connectivity index (χ0) is 29.8. The van der Waals surface area contributed by atoms with Crippen LogP contribution in [0.25, 0.3) is 31.1 Å². The Balaban J connectivity index is 1.40. The number of para-hydroxylation sites is 1. The van der Waals surface area contributed by atoms with Crippen LogP contribution in [0.15, 0.2) is 132 Å². The van der Waals surface area contributed by atoms with Crippen LogP contribution in [0, 0.1) is 12.7 Å². The zero-order valence-electron chi connectivity index (χ0n) is 24.3. The number of fused-ring (bicyclic) bond motifs is 9. The van der Waals surface area contributed by atoms with Crippen molar-refractivity contribution in [2.75, 3.05) is 9.80 Å². The number of halogens is 1. The van der Waals surface area contributed by atoms with Gasteiger partial charge in [-0.05, 0) is 106 Å². The maximum absolute atomic E-state index is 14.3. The first-order chi connectivity index (χ1) is 22.2. The quantitative estimate of drug-likeness (QED) is 0.185. The van der Waals surface area contributed by atoms with Gasteiger partial charge in [-0.25, -0.2) is 4.39 Å². The highest BCUT2D eigenvalue weighted by molar-refractivity contribution is 7.26. The summed E-state index contributed by atoms with van der Waals surface area (Å²) >= 11 is 1.87. The lowest BCUT2D eigenvalue weighted by Gasteiger charge is -2.44. The summed E-state index contributed by atoms with van der Waals surface area (Å²) in [5.41, 5.74) is 12.4. The fraction of sp³-hybridized carbons (Fsp3) is 0.0256. The van der Waals surface area contributed by atoms with Crippen LogP contribution in [0.1, 0.15) is 5.56 Å². The van der Waals surface area contributed by atoms with Crippen LogP contribution in [0.2, 0.25) is 0 Å². The number of hydrogen-bond donors (Lipinski definition) is 0. The van der Waals surface area contributed by atoms with Crippen LogP contribution >= 0.6 is 11.3 Å². The Kier molecular flexibility index (Phi) is 5.06. The molecule has 2 aromatic heterocycles. The van der Waals surface area contributed by atoms with Crippen molar-refractivity contribution in [3.05, 3.63) is 139 Å². The van der Waals surface area contributed by atoms with Gasteiger partial charge in [0.25, 0.3) is 6.71 Å². The van der Waals surface area contributed by atoms with Gasteiger partial charge in [-0.2, -0.15) is 0 Å². The predicted octanol–water partition coefficient (Wildman–Crippen LogP) is 9.33. The minimum absolute atomic E-state index is 0.0294. The first kappa shape index (κ1) is 25.0. The predicted molar refractivity (Wildman–Crippen MR) is 188 cm³/mol. The fourth-order valence-electron chi connectivity index (χ4n) is 7.65. The second-order valence-corrected chi connectivity index (χ2v) is 13.0. The SMILES string of the molecule is Cc1cc2c(c3c1sc1ccccc13)B1c3cc4ccoc4cc3N(c3ccccc3)c3cccc(c31)N2c1ccc(F)cc1. The molecule has 0 fully saturated rings. The van der Waals surface area contributed by atoms with Gasteiger partial charge in [-0.3, -0.25) is 0 Å². The van der Waals surface area contributed by atoms with Crippen LogP contribution in [-0.4, -0.2) is 6.71 Å². The van der Waals surface area contributed by atoms with E-state index < -0.39 is 0 Å². The summed E-state index contributed by atoms with van der Waals surface area (Å²) in [6.07, 6.45) is 1.78. The third kappa shape index (κ3) is 3.40. The molecular formula is C39H24BFN2OS. The van der Waals surface area contributed by atoms with Crippen molar-refractivity contribution < 1.29 is 8.81 Å². The smallest absolute Gasteiger partial charge is 0.253 e. The van der Waals surface area contributed by atoms with Crippen LogP contribution in [0.4, 0.5) is 38.5 Å². The van der Waals surface area contributed by atoms with Crippen LogP contribution in [-0.2, 0) is 0 Å². The third-order valence-electron chi connectivity index (χ3n) is 9.47. The average Bonchev–Trinajstić information content (AvgIpc) is 3.70. The van der Waals surface area contributed by atoms with Crippen molar-refractivity contribution in [3.63, 3.8) is 0 Å². The van der Waals surface area contributed by atoms with E-state index in [2.05, 4.69) is 114 Å². The molecule has 45 heavy (non-hydrogen) atoms. The van der Waals surface area contributed by atoms with Crippen molar-refractivity contribution in [2.24, 2.45) is 0 Å². The molecule has 2 aliphatic heterocycles. The van der Waals surface area contributed by atoms with E-state index in [-0.39, 0.29) is 12.5 Å². The molecule has 6 aromatic carbocycles. The minimum atomic E-state index is -0.243. The van der Waals surface area contributed by atoms with E-state index in [1.54, 1.807) is 18.4 Å². The van der Waals surface area contributed by atoms with E-state index in [0.29, 0.717) is 0 Å². The number of furan rings is 1. The second-order valence-electron chi connectivity index (χ2n) is 11.9. The van der Waals surface area contributed by atoms with Crippen molar-refractivity contribution in [1.82, 2.24) is 0 Å². The Morgan fingerprint density at radius 3 is 2.22 bits per heavy atom. The zero-order valence-corrected chi connectivity index (χ0v) is 25.1. The topological polar surface area (TPSA) is 19.6 Å². The minimum Gasteiger partial charge on any atom is -0.464 e. The molecule has 4 heterocycles. The van der Waals surface area contributed by atoms with E-state index in [4.69, 9.17) is 4.42 Å². The summed E-state index contributed by atoms with van der Waals surface area (Å²) in [6, 6.07) is 41.8. The van der Waals surface area contributed by atoms with Gasteiger partial charge < -0.3 is 14.2 Å². The molecule has 212 valence electrons. The number of nitrogens with zero attached hydrogens (tertiary/aromatic N) is 2. The van der Waals surface area contributed by atoms with Crippen molar-refractivity contribution >= 4 is 99.7 Å². The molecule has 0 N–H and O–H groups in total. The number of aryl methyl sites for hydroxylation is 1. The van der Waals surface area contributed by atoms with E-state index in [1.807, 2.05) is 23.5 Å². The molecule has 3 nitrogen and oxygen atoms in total. The lowest BCUT2D eigenvalue weighted by atomic mass is 9.33. The fourth-order valence-corrected chi connectivity index (χ4v) is 8.84. The van der Waals surface area contributed by atoms with Crippen molar-refractivity contribution in [1.29, 1.82) is 0 Å². The van der Waals surface area contributed by atoms with E-state index in [1.165, 1.54) is 42.1 Å². The van der Waals surface area contributed by atoms with E-state index in [9.17, 15) is 4.39 Å². The van der Waals surface area contributed by atoms with Crippen LogP contribution in [0.3, 0.4) is 0 Å². The lowest BCUT2D eigenvalue weighted by molar-refractivity contribution is 0.616. The highest BCUT2D eigenvalue weighted by Gasteiger charge is 2.45. The normalized spacial score (nSPS) is 13.4. The Labute approximate surface area is 263 Å².